The maximum atomic E-state index is 12.9. The van der Waals surface area contributed by atoms with Crippen molar-refractivity contribution in [3.05, 3.63) is 23.8 Å². The summed E-state index contributed by atoms with van der Waals surface area (Å²) in [5.41, 5.74) is -6.50. The second-order valence-corrected chi connectivity index (χ2v) is 8.88. The normalized spacial score (nSPS) is 25.8. The van der Waals surface area contributed by atoms with Crippen LogP contribution >= 0.6 is 0 Å². The van der Waals surface area contributed by atoms with Gasteiger partial charge in [0.1, 0.15) is 17.5 Å². The number of nitrogens with zero attached hydrogens (tertiary/aromatic N) is 1. The number of carbonyl (C=O) groups is 1. The van der Waals surface area contributed by atoms with Crippen molar-refractivity contribution in [1.29, 1.82) is 0 Å². The first-order chi connectivity index (χ1) is 11.9. The maximum absolute atomic E-state index is 12.9. The third-order valence-corrected chi connectivity index (χ3v) is 6.23. The lowest BCUT2D eigenvalue weighted by Crippen LogP contribution is -2.53. The van der Waals surface area contributed by atoms with Crippen LogP contribution in [0.2, 0.25) is 0 Å². The Bertz CT molecular complexity index is 850. The number of hydrogen-bond acceptors (Lipinski definition) is 5. The van der Waals surface area contributed by atoms with Gasteiger partial charge in [0.05, 0.1) is 10.9 Å². The van der Waals surface area contributed by atoms with E-state index in [2.05, 4.69) is 0 Å². The van der Waals surface area contributed by atoms with Crippen molar-refractivity contribution in [3.8, 4) is 5.75 Å². The number of hydrogen-bond donors (Lipinski definition) is 1. The predicted octanol–water partition coefficient (Wildman–Crippen LogP) is 2.18. The molecule has 10 heteroatoms. The van der Waals surface area contributed by atoms with Crippen LogP contribution in [0.1, 0.15) is 38.3 Å². The van der Waals surface area contributed by atoms with Gasteiger partial charge >= 0.3 is 5.51 Å². The summed E-state index contributed by atoms with van der Waals surface area (Å²) in [5, 5.41) is 10.7. The lowest BCUT2D eigenvalue weighted by molar-refractivity contribution is -0.139. The number of carbonyl (C=O) groups excluding carboxylic acids is 1. The first-order valence-electron chi connectivity index (χ1n) is 7.98. The monoisotopic (exact) mass is 393 g/mol. The summed E-state index contributed by atoms with van der Waals surface area (Å²) < 4.78 is 67.7. The lowest BCUT2D eigenvalue weighted by atomic mass is 9.85. The highest BCUT2D eigenvalue weighted by Crippen LogP contribution is 2.45. The van der Waals surface area contributed by atoms with Crippen molar-refractivity contribution in [3.63, 3.8) is 0 Å². The van der Waals surface area contributed by atoms with E-state index in [0.29, 0.717) is 13.0 Å². The number of fused-ring (bicyclic) bond motifs is 1. The lowest BCUT2D eigenvalue weighted by Gasteiger charge is -2.45. The average molecular weight is 393 g/mol. The molecule has 1 N–H and O–H groups in total. The minimum atomic E-state index is -5.56. The van der Waals surface area contributed by atoms with Gasteiger partial charge in [0, 0.05) is 18.5 Å². The third-order valence-electron chi connectivity index (χ3n) is 4.75. The molecule has 2 atom stereocenters. The number of aliphatic hydroxyl groups excluding tert-OH is 1. The minimum Gasteiger partial charge on any atom is -0.485 e. The Hall–Kier alpha value is -1.81. The summed E-state index contributed by atoms with van der Waals surface area (Å²) in [6, 6.07) is 1.81. The van der Waals surface area contributed by atoms with E-state index in [1.807, 2.05) is 0 Å². The zero-order valence-corrected chi connectivity index (χ0v) is 14.9. The largest absolute Gasteiger partial charge is 0.501 e. The van der Waals surface area contributed by atoms with Crippen LogP contribution in [0, 0.1) is 0 Å². The molecule has 0 aliphatic carbocycles. The summed E-state index contributed by atoms with van der Waals surface area (Å²) in [7, 11) is -5.56. The molecule has 1 aromatic rings. The number of halogens is 3. The van der Waals surface area contributed by atoms with Gasteiger partial charge in [-0.05, 0) is 38.5 Å². The molecule has 3 rings (SSSR count). The smallest absolute Gasteiger partial charge is 0.485 e. The Morgan fingerprint density at radius 3 is 2.50 bits per heavy atom. The van der Waals surface area contributed by atoms with Gasteiger partial charge in [0.15, 0.2) is 0 Å². The fourth-order valence-corrected chi connectivity index (χ4v) is 4.14. The molecule has 1 aromatic carbocycles. The van der Waals surface area contributed by atoms with E-state index in [1.165, 1.54) is 4.90 Å². The van der Waals surface area contributed by atoms with Crippen LogP contribution in [-0.2, 0) is 14.6 Å². The van der Waals surface area contributed by atoms with Gasteiger partial charge < -0.3 is 14.7 Å². The molecule has 0 saturated carbocycles. The van der Waals surface area contributed by atoms with Gasteiger partial charge in [0.25, 0.3) is 9.84 Å². The number of rotatable bonds is 2. The van der Waals surface area contributed by atoms with Crippen LogP contribution < -0.4 is 4.74 Å². The van der Waals surface area contributed by atoms with Crippen molar-refractivity contribution < 1.29 is 36.2 Å². The molecule has 2 aliphatic heterocycles. The fraction of sp³-hybridized carbons (Fsp3) is 0.562. The standard InChI is InChI=1S/C16H18F3NO5S/c1-15(2)14(22)13(20-7-3-4-12(20)21)10-8-9(5-6-11(10)25-15)26(23,24)16(17,18)19/h5-6,8,13-14,22H,3-4,7H2,1-2H3. The molecule has 2 heterocycles. The highest BCUT2D eigenvalue weighted by atomic mass is 32.2. The predicted molar refractivity (Wildman–Crippen MR) is 84.1 cm³/mol. The fourth-order valence-electron chi connectivity index (χ4n) is 3.35. The number of alkyl halides is 3. The summed E-state index contributed by atoms with van der Waals surface area (Å²) in [5.74, 6) is -0.104. The van der Waals surface area contributed by atoms with Crippen LogP contribution in [0.3, 0.4) is 0 Å². The third kappa shape index (κ3) is 2.84. The molecule has 26 heavy (non-hydrogen) atoms. The molecular weight excluding hydrogens is 375 g/mol. The molecular formula is C16H18F3NO5S. The van der Waals surface area contributed by atoms with Gasteiger partial charge in [-0.25, -0.2) is 8.42 Å². The highest BCUT2D eigenvalue weighted by molar-refractivity contribution is 7.92. The maximum Gasteiger partial charge on any atom is 0.501 e. The van der Waals surface area contributed by atoms with Crippen LogP contribution in [0.4, 0.5) is 13.2 Å². The number of sulfone groups is 1. The van der Waals surface area contributed by atoms with Gasteiger partial charge in [0.2, 0.25) is 5.91 Å². The molecule has 2 aliphatic rings. The molecule has 0 aromatic heterocycles. The molecule has 1 saturated heterocycles. The van der Waals surface area contributed by atoms with Crippen molar-refractivity contribution in [2.24, 2.45) is 0 Å². The summed E-state index contributed by atoms with van der Waals surface area (Å²) in [4.78, 5) is 12.6. The van der Waals surface area contributed by atoms with Gasteiger partial charge in [-0.15, -0.1) is 0 Å². The van der Waals surface area contributed by atoms with E-state index in [9.17, 15) is 31.5 Å². The van der Waals surface area contributed by atoms with Crippen molar-refractivity contribution in [2.75, 3.05) is 6.54 Å². The first kappa shape index (κ1) is 19.0. The topological polar surface area (TPSA) is 83.9 Å². The van der Waals surface area contributed by atoms with Crippen LogP contribution in [0.25, 0.3) is 0 Å². The summed E-state index contributed by atoms with van der Waals surface area (Å²) in [6.45, 7) is 3.51. The molecule has 1 fully saturated rings. The average Bonchev–Trinajstić information content (AvgIpc) is 2.92. The van der Waals surface area contributed by atoms with Crippen LogP contribution in [-0.4, -0.2) is 48.1 Å². The number of benzene rings is 1. The van der Waals surface area contributed by atoms with E-state index in [0.717, 1.165) is 18.2 Å². The van der Waals surface area contributed by atoms with E-state index in [1.54, 1.807) is 13.8 Å². The van der Waals surface area contributed by atoms with Crippen molar-refractivity contribution >= 4 is 15.7 Å². The number of likely N-dealkylation sites (tertiary alicyclic amines) is 1. The Morgan fingerprint density at radius 2 is 1.96 bits per heavy atom. The van der Waals surface area contributed by atoms with Crippen molar-refractivity contribution in [1.82, 2.24) is 4.90 Å². The molecule has 0 radical (unpaired) electrons. The van der Waals surface area contributed by atoms with Gasteiger partial charge in [-0.1, -0.05) is 0 Å². The number of aliphatic hydroxyl groups is 1. The zero-order chi connectivity index (χ0) is 19.5. The van der Waals surface area contributed by atoms with E-state index in [-0.39, 0.29) is 23.6 Å². The molecule has 6 nitrogen and oxygen atoms in total. The summed E-state index contributed by atoms with van der Waals surface area (Å²) >= 11 is 0. The highest BCUT2D eigenvalue weighted by Gasteiger charge is 2.50. The summed E-state index contributed by atoms with van der Waals surface area (Å²) in [6.07, 6.45) is -0.416. The first-order valence-corrected chi connectivity index (χ1v) is 9.46. The van der Waals surface area contributed by atoms with Crippen LogP contribution in [0.15, 0.2) is 23.1 Å². The zero-order valence-electron chi connectivity index (χ0n) is 14.1. The van der Waals surface area contributed by atoms with Crippen LogP contribution in [0.5, 0.6) is 5.75 Å². The van der Waals surface area contributed by atoms with Gasteiger partial charge in [-0.3, -0.25) is 4.79 Å². The van der Waals surface area contributed by atoms with E-state index >= 15 is 0 Å². The Kier molecular flexibility index (Phi) is 4.27. The van der Waals surface area contributed by atoms with Crippen molar-refractivity contribution in [2.45, 2.75) is 54.8 Å². The van der Waals surface area contributed by atoms with E-state index < -0.39 is 38.0 Å². The molecule has 0 spiro atoms. The molecule has 2 unspecified atom stereocenters. The minimum absolute atomic E-state index is 0.0531. The molecule has 0 bridgehead atoms. The Morgan fingerprint density at radius 1 is 1.31 bits per heavy atom. The second kappa shape index (κ2) is 5.85. The SMILES string of the molecule is CC1(C)Oc2ccc(S(=O)(=O)C(F)(F)F)cc2C(N2CCCC2=O)C1O. The quantitative estimate of drug-likeness (QED) is 0.833. The van der Waals surface area contributed by atoms with Gasteiger partial charge in [-0.2, -0.15) is 13.2 Å². The molecule has 144 valence electrons. The number of ether oxygens (including phenoxy) is 1. The molecule has 1 amide bonds. The number of amides is 1. The Balaban J connectivity index is 2.17. The van der Waals surface area contributed by atoms with E-state index in [4.69, 9.17) is 4.74 Å². The second-order valence-electron chi connectivity index (χ2n) is 6.93. The Labute approximate surface area is 148 Å².